The largest absolute Gasteiger partial charge is 0.356 e. The van der Waals surface area contributed by atoms with Gasteiger partial charge in [-0.05, 0) is 45.6 Å². The first-order valence-corrected chi connectivity index (χ1v) is 9.37. The lowest BCUT2D eigenvalue weighted by atomic mass is 10.0. The Morgan fingerprint density at radius 2 is 1.81 bits per heavy atom. The molecule has 5 heteroatoms. The molecule has 0 atom stereocenters. The topological polar surface area (TPSA) is 39.7 Å². The zero-order valence-electron chi connectivity index (χ0n) is 16.8. The summed E-state index contributed by atoms with van der Waals surface area (Å²) < 4.78 is 0. The predicted octanol–water partition coefficient (Wildman–Crippen LogP) is 3.67. The summed E-state index contributed by atoms with van der Waals surface area (Å²) in [5.41, 5.74) is 5.29. The van der Waals surface area contributed by atoms with Gasteiger partial charge in [-0.3, -0.25) is 9.89 Å². The fourth-order valence-electron chi connectivity index (χ4n) is 3.54. The Hall–Kier alpha value is -1.08. The minimum Gasteiger partial charge on any atom is -0.356 e. The molecule has 1 aliphatic heterocycles. The van der Waals surface area contributed by atoms with Gasteiger partial charge in [0.2, 0.25) is 0 Å². The van der Waals surface area contributed by atoms with Gasteiger partial charge in [0, 0.05) is 39.3 Å². The Labute approximate surface area is 176 Å². The van der Waals surface area contributed by atoms with E-state index in [4.69, 9.17) is 0 Å². The molecule has 2 rings (SSSR count). The normalized spacial score (nSPS) is 16.1. The predicted molar refractivity (Wildman–Crippen MR) is 124 cm³/mol. The summed E-state index contributed by atoms with van der Waals surface area (Å²) in [6.07, 6.45) is 3.33. The van der Waals surface area contributed by atoms with Gasteiger partial charge in [0.05, 0.1) is 0 Å². The quantitative estimate of drug-likeness (QED) is 0.289. The van der Waals surface area contributed by atoms with Gasteiger partial charge in [0.15, 0.2) is 5.96 Å². The number of hydrogen-bond acceptors (Lipinski definition) is 2. The zero-order chi connectivity index (χ0) is 18.2. The summed E-state index contributed by atoms with van der Waals surface area (Å²) >= 11 is 0. The number of aliphatic imine (C=N–C) groups is 1. The Morgan fingerprint density at radius 3 is 2.35 bits per heavy atom. The third-order valence-corrected chi connectivity index (χ3v) is 4.63. The maximum absolute atomic E-state index is 4.38. The van der Waals surface area contributed by atoms with Gasteiger partial charge < -0.3 is 10.6 Å². The molecule has 0 aromatic heterocycles. The minimum absolute atomic E-state index is 0. The molecule has 1 aromatic carbocycles. The van der Waals surface area contributed by atoms with E-state index in [1.165, 1.54) is 22.3 Å². The van der Waals surface area contributed by atoms with E-state index in [0.717, 1.165) is 51.4 Å². The number of benzene rings is 1. The number of guanidine groups is 1. The highest BCUT2D eigenvalue weighted by Crippen LogP contribution is 2.12. The first-order valence-electron chi connectivity index (χ1n) is 9.37. The van der Waals surface area contributed by atoms with E-state index >= 15 is 0 Å². The van der Waals surface area contributed by atoms with E-state index in [1.807, 2.05) is 7.05 Å². The number of nitrogens with zero attached hydrogens (tertiary/aromatic N) is 2. The monoisotopic (exact) mass is 470 g/mol. The van der Waals surface area contributed by atoms with Gasteiger partial charge in [0.25, 0.3) is 0 Å². The molecule has 26 heavy (non-hydrogen) atoms. The summed E-state index contributed by atoms with van der Waals surface area (Å²) in [6, 6.07) is 7.26. The van der Waals surface area contributed by atoms with E-state index in [-0.39, 0.29) is 24.0 Å². The Bertz CT molecular complexity index is 584. The average molecular weight is 470 g/mol. The van der Waals surface area contributed by atoms with Crippen LogP contribution in [0.25, 0.3) is 0 Å². The maximum atomic E-state index is 4.38. The third kappa shape index (κ3) is 8.08. The lowest BCUT2D eigenvalue weighted by Crippen LogP contribution is -2.49. The summed E-state index contributed by atoms with van der Waals surface area (Å²) in [5.74, 6) is 0.919. The standard InChI is InChI=1S/C21H34N4.HI/c1-16(2)15-25-10-7-20(8-11-25)24-21(22-5)23-9-6-19-13-17(3)12-18(4)14-19;/h12-14,20H,1,6-11,15H2,2-5H3,(H2,22,23,24);1H. The Kier molecular flexibility index (Phi) is 10.2. The van der Waals surface area contributed by atoms with Crippen molar-refractivity contribution in [3.8, 4) is 0 Å². The lowest BCUT2D eigenvalue weighted by Gasteiger charge is -2.33. The lowest BCUT2D eigenvalue weighted by molar-refractivity contribution is 0.221. The number of aryl methyl sites for hydroxylation is 2. The van der Waals surface area contributed by atoms with Crippen LogP contribution in [0.1, 0.15) is 36.5 Å². The van der Waals surface area contributed by atoms with E-state index in [1.54, 1.807) is 0 Å². The van der Waals surface area contributed by atoms with Crippen LogP contribution >= 0.6 is 24.0 Å². The van der Waals surface area contributed by atoms with Crippen LogP contribution < -0.4 is 10.6 Å². The SMILES string of the molecule is C=C(C)CN1CCC(NC(=NC)NCCc2cc(C)cc(C)c2)CC1.I. The fourth-order valence-corrected chi connectivity index (χ4v) is 3.54. The molecule has 146 valence electrons. The molecule has 1 aliphatic rings. The summed E-state index contributed by atoms with van der Waals surface area (Å²) in [4.78, 5) is 6.87. The van der Waals surface area contributed by atoms with Crippen LogP contribution in [0.15, 0.2) is 35.3 Å². The van der Waals surface area contributed by atoms with Crippen LogP contribution in [0.2, 0.25) is 0 Å². The van der Waals surface area contributed by atoms with Gasteiger partial charge in [-0.2, -0.15) is 0 Å². The van der Waals surface area contributed by atoms with E-state index < -0.39 is 0 Å². The molecule has 1 aromatic rings. The highest BCUT2D eigenvalue weighted by molar-refractivity contribution is 14.0. The van der Waals surface area contributed by atoms with Crippen molar-refractivity contribution in [1.82, 2.24) is 15.5 Å². The fraction of sp³-hybridized carbons (Fsp3) is 0.571. The van der Waals surface area contributed by atoms with Crippen molar-refractivity contribution in [2.45, 2.75) is 46.1 Å². The second-order valence-corrected chi connectivity index (χ2v) is 7.40. The van der Waals surface area contributed by atoms with Crippen molar-refractivity contribution in [1.29, 1.82) is 0 Å². The maximum Gasteiger partial charge on any atom is 0.191 e. The van der Waals surface area contributed by atoms with E-state index in [0.29, 0.717) is 6.04 Å². The van der Waals surface area contributed by atoms with Gasteiger partial charge in [-0.1, -0.05) is 41.5 Å². The molecule has 0 spiro atoms. The molecule has 1 saturated heterocycles. The molecule has 0 amide bonds. The minimum atomic E-state index is 0. The number of hydrogen-bond donors (Lipinski definition) is 2. The smallest absolute Gasteiger partial charge is 0.191 e. The van der Waals surface area contributed by atoms with Gasteiger partial charge in [-0.25, -0.2) is 0 Å². The average Bonchev–Trinajstić information content (AvgIpc) is 2.54. The molecule has 0 saturated carbocycles. The zero-order valence-corrected chi connectivity index (χ0v) is 19.1. The van der Waals surface area contributed by atoms with Crippen LogP contribution in [-0.4, -0.2) is 50.1 Å². The molecule has 0 aliphatic carbocycles. The van der Waals surface area contributed by atoms with Crippen LogP contribution in [0.4, 0.5) is 0 Å². The van der Waals surface area contributed by atoms with E-state index in [2.05, 4.69) is 66.1 Å². The summed E-state index contributed by atoms with van der Waals surface area (Å²) in [6.45, 7) is 14.6. The first-order chi connectivity index (χ1) is 12.0. The molecular weight excluding hydrogens is 435 g/mol. The third-order valence-electron chi connectivity index (χ3n) is 4.63. The second kappa shape index (κ2) is 11.6. The Balaban J connectivity index is 0.00000338. The van der Waals surface area contributed by atoms with Gasteiger partial charge in [0.1, 0.15) is 0 Å². The molecule has 1 heterocycles. The van der Waals surface area contributed by atoms with Crippen LogP contribution in [0.5, 0.6) is 0 Å². The van der Waals surface area contributed by atoms with Gasteiger partial charge in [-0.15, -0.1) is 24.0 Å². The second-order valence-electron chi connectivity index (χ2n) is 7.40. The number of rotatable bonds is 6. The van der Waals surface area contributed by atoms with Crippen LogP contribution in [0.3, 0.4) is 0 Å². The van der Waals surface area contributed by atoms with Crippen molar-refractivity contribution in [3.05, 3.63) is 47.0 Å². The molecule has 1 fully saturated rings. The number of nitrogens with one attached hydrogen (secondary N) is 2. The van der Waals surface area contributed by atoms with E-state index in [9.17, 15) is 0 Å². The number of likely N-dealkylation sites (tertiary alicyclic amines) is 1. The molecule has 0 bridgehead atoms. The number of halogens is 1. The van der Waals surface area contributed by atoms with Crippen molar-refractivity contribution < 1.29 is 0 Å². The summed E-state index contributed by atoms with van der Waals surface area (Å²) in [5, 5.41) is 7.04. The van der Waals surface area contributed by atoms with Crippen LogP contribution in [-0.2, 0) is 6.42 Å². The first kappa shape index (κ1) is 23.0. The highest BCUT2D eigenvalue weighted by Gasteiger charge is 2.19. The van der Waals surface area contributed by atoms with Crippen molar-refractivity contribution >= 4 is 29.9 Å². The Morgan fingerprint density at radius 1 is 1.19 bits per heavy atom. The van der Waals surface area contributed by atoms with Crippen molar-refractivity contribution in [3.63, 3.8) is 0 Å². The van der Waals surface area contributed by atoms with Crippen molar-refractivity contribution in [2.75, 3.05) is 33.2 Å². The number of piperidine rings is 1. The summed E-state index contributed by atoms with van der Waals surface area (Å²) in [7, 11) is 1.85. The van der Waals surface area contributed by atoms with Crippen LogP contribution in [0, 0.1) is 13.8 Å². The van der Waals surface area contributed by atoms with Crippen molar-refractivity contribution in [2.24, 2.45) is 4.99 Å². The van der Waals surface area contributed by atoms with Gasteiger partial charge >= 0.3 is 0 Å². The molecule has 0 unspecified atom stereocenters. The molecule has 4 nitrogen and oxygen atoms in total. The highest BCUT2D eigenvalue weighted by atomic mass is 127. The molecule has 2 N–H and O–H groups in total. The molecule has 0 radical (unpaired) electrons. The molecular formula is C21H35IN4.